The van der Waals surface area contributed by atoms with Crippen molar-refractivity contribution in [2.75, 3.05) is 19.7 Å². The lowest BCUT2D eigenvalue weighted by Crippen LogP contribution is -2.38. The van der Waals surface area contributed by atoms with Crippen molar-refractivity contribution in [1.82, 2.24) is 20.8 Å². The van der Waals surface area contributed by atoms with E-state index >= 15 is 0 Å². The van der Waals surface area contributed by atoms with E-state index in [0.29, 0.717) is 24.3 Å². The molecule has 1 aromatic rings. The highest BCUT2D eigenvalue weighted by Gasteiger charge is 2.11. The van der Waals surface area contributed by atoms with Crippen molar-refractivity contribution in [3.05, 3.63) is 11.7 Å². The molecule has 0 radical (unpaired) electrons. The smallest absolute Gasteiger partial charge is 0.252 e. The van der Waals surface area contributed by atoms with Gasteiger partial charge in [0.05, 0.1) is 0 Å². The maximum atomic E-state index is 11.6. The summed E-state index contributed by atoms with van der Waals surface area (Å²) in [5, 5.41) is 10.0. The molecule has 0 atom stereocenters. The Bertz CT molecular complexity index is 448. The zero-order valence-corrected chi connectivity index (χ0v) is 14.5. The molecule has 7 nitrogen and oxygen atoms in total. The fourth-order valence-electron chi connectivity index (χ4n) is 2.64. The molecule has 8 heteroatoms. The molecule has 1 aliphatic rings. The van der Waals surface area contributed by atoms with Crippen LogP contribution < -0.4 is 10.6 Å². The second-order valence-electron chi connectivity index (χ2n) is 5.72. The number of rotatable bonds is 8. The first kappa shape index (κ1) is 19.9. The van der Waals surface area contributed by atoms with Crippen molar-refractivity contribution >= 4 is 18.3 Å². The van der Waals surface area contributed by atoms with E-state index in [0.717, 1.165) is 6.54 Å². The van der Waals surface area contributed by atoms with E-state index in [-0.39, 0.29) is 31.5 Å². The fraction of sp³-hybridized carbons (Fsp3) is 0.800. The second kappa shape index (κ2) is 11.4. The molecule has 1 heterocycles. The van der Waals surface area contributed by atoms with Gasteiger partial charge in [-0.2, -0.15) is 4.98 Å². The molecule has 1 amide bonds. The third-order valence-corrected chi connectivity index (χ3v) is 3.76. The van der Waals surface area contributed by atoms with Crippen LogP contribution in [0.4, 0.5) is 0 Å². The summed E-state index contributed by atoms with van der Waals surface area (Å²) in [5.74, 6) is 0.826. The first-order valence-electron chi connectivity index (χ1n) is 8.11. The molecule has 0 saturated heterocycles. The van der Waals surface area contributed by atoms with Gasteiger partial charge in [0.1, 0.15) is 13.2 Å². The summed E-state index contributed by atoms with van der Waals surface area (Å²) in [4.78, 5) is 15.6. The van der Waals surface area contributed by atoms with Gasteiger partial charge in [-0.15, -0.1) is 12.4 Å². The Morgan fingerprint density at radius 2 is 2.00 bits per heavy atom. The zero-order chi connectivity index (χ0) is 15.6. The second-order valence-corrected chi connectivity index (χ2v) is 5.72. The highest BCUT2D eigenvalue weighted by atomic mass is 35.5. The average Bonchev–Trinajstić information content (AvgIpc) is 2.76. The number of halogens is 1. The monoisotopic (exact) mass is 346 g/mol. The van der Waals surface area contributed by atoms with Crippen LogP contribution in [0.1, 0.15) is 50.2 Å². The van der Waals surface area contributed by atoms with Gasteiger partial charge in [0.25, 0.3) is 5.89 Å². The van der Waals surface area contributed by atoms with Gasteiger partial charge in [-0.3, -0.25) is 4.79 Å². The Hall–Kier alpha value is -1.18. The molecule has 132 valence electrons. The predicted octanol–water partition coefficient (Wildman–Crippen LogP) is 1.75. The van der Waals surface area contributed by atoms with Gasteiger partial charge in [-0.25, -0.2) is 0 Å². The standard InChI is InChI=1S/C15H26N4O3.ClH/c1-12-18-15(22-19-12)11-21-10-14(20)17-9-8-16-13-6-4-2-3-5-7-13;/h13,16H,2-11H2,1H3,(H,17,20);1H. The number of ether oxygens (including phenoxy) is 1. The van der Waals surface area contributed by atoms with E-state index in [1.165, 1.54) is 38.5 Å². The molecular formula is C15H27ClN4O3. The molecule has 0 aromatic carbocycles. The number of nitrogens with one attached hydrogen (secondary N) is 2. The molecular weight excluding hydrogens is 320 g/mol. The summed E-state index contributed by atoms with van der Waals surface area (Å²) in [6, 6.07) is 0.608. The third-order valence-electron chi connectivity index (χ3n) is 3.76. The van der Waals surface area contributed by atoms with Crippen molar-refractivity contribution in [1.29, 1.82) is 0 Å². The Kier molecular flexibility index (Phi) is 9.82. The highest BCUT2D eigenvalue weighted by molar-refractivity contribution is 5.85. The lowest BCUT2D eigenvalue weighted by molar-refractivity contribution is -0.126. The van der Waals surface area contributed by atoms with Gasteiger partial charge in [0.15, 0.2) is 5.82 Å². The molecule has 1 aromatic heterocycles. The highest BCUT2D eigenvalue weighted by Crippen LogP contribution is 2.16. The van der Waals surface area contributed by atoms with Crippen LogP contribution in [0.3, 0.4) is 0 Å². The quantitative estimate of drug-likeness (QED) is 0.550. The first-order valence-corrected chi connectivity index (χ1v) is 8.11. The van der Waals surface area contributed by atoms with Crippen LogP contribution in [0, 0.1) is 6.92 Å². The Morgan fingerprint density at radius 1 is 1.26 bits per heavy atom. The third kappa shape index (κ3) is 8.29. The van der Waals surface area contributed by atoms with E-state index in [9.17, 15) is 4.79 Å². The molecule has 1 fully saturated rings. The maximum Gasteiger partial charge on any atom is 0.252 e. The summed E-state index contributed by atoms with van der Waals surface area (Å²) in [7, 11) is 0. The lowest BCUT2D eigenvalue weighted by atomic mass is 10.1. The summed E-state index contributed by atoms with van der Waals surface area (Å²) in [6.07, 6.45) is 7.83. The maximum absolute atomic E-state index is 11.6. The van der Waals surface area contributed by atoms with Crippen LogP contribution in [0.25, 0.3) is 0 Å². The number of aromatic nitrogens is 2. The van der Waals surface area contributed by atoms with Crippen molar-refractivity contribution < 1.29 is 14.1 Å². The van der Waals surface area contributed by atoms with Crippen molar-refractivity contribution in [2.24, 2.45) is 0 Å². The largest absolute Gasteiger partial charge is 0.362 e. The number of hydrogen-bond donors (Lipinski definition) is 2. The molecule has 23 heavy (non-hydrogen) atoms. The summed E-state index contributed by atoms with van der Waals surface area (Å²) in [5.41, 5.74) is 0. The summed E-state index contributed by atoms with van der Waals surface area (Å²) < 4.78 is 10.1. The molecule has 2 N–H and O–H groups in total. The fourth-order valence-corrected chi connectivity index (χ4v) is 2.64. The number of carbonyl (C=O) groups is 1. The SMILES string of the molecule is Cc1noc(COCC(=O)NCCNC2CCCCCC2)n1.Cl. The van der Waals surface area contributed by atoms with Crippen LogP contribution in [0.15, 0.2) is 4.52 Å². The minimum atomic E-state index is -0.126. The predicted molar refractivity (Wildman–Crippen MR) is 88.4 cm³/mol. The topological polar surface area (TPSA) is 89.3 Å². The number of amides is 1. The number of hydrogen-bond acceptors (Lipinski definition) is 6. The first-order chi connectivity index (χ1) is 10.7. The normalized spacial score (nSPS) is 15.7. The Morgan fingerprint density at radius 3 is 2.65 bits per heavy atom. The van der Waals surface area contributed by atoms with E-state index in [4.69, 9.17) is 9.26 Å². The van der Waals surface area contributed by atoms with Crippen LogP contribution in [-0.4, -0.2) is 41.8 Å². The van der Waals surface area contributed by atoms with Crippen LogP contribution in [0.5, 0.6) is 0 Å². The van der Waals surface area contributed by atoms with E-state index in [1.807, 2.05) is 0 Å². The van der Waals surface area contributed by atoms with Crippen molar-refractivity contribution in [2.45, 2.75) is 58.1 Å². The minimum Gasteiger partial charge on any atom is -0.362 e. The van der Waals surface area contributed by atoms with Gasteiger partial charge in [-0.1, -0.05) is 30.8 Å². The molecule has 1 saturated carbocycles. The molecule has 2 rings (SSSR count). The van der Waals surface area contributed by atoms with Crippen molar-refractivity contribution in [3.63, 3.8) is 0 Å². The van der Waals surface area contributed by atoms with Gasteiger partial charge < -0.3 is 19.9 Å². The van der Waals surface area contributed by atoms with Crippen LogP contribution in [0.2, 0.25) is 0 Å². The van der Waals surface area contributed by atoms with E-state index in [1.54, 1.807) is 6.92 Å². The Balaban J connectivity index is 0.00000264. The summed E-state index contributed by atoms with van der Waals surface area (Å²) >= 11 is 0. The van der Waals surface area contributed by atoms with E-state index < -0.39 is 0 Å². The molecule has 0 aliphatic heterocycles. The number of carbonyl (C=O) groups excluding carboxylic acids is 1. The van der Waals surface area contributed by atoms with Crippen LogP contribution in [-0.2, 0) is 16.1 Å². The average molecular weight is 347 g/mol. The molecule has 1 aliphatic carbocycles. The number of nitrogens with zero attached hydrogens (tertiary/aromatic N) is 2. The van der Waals surface area contributed by atoms with Gasteiger partial charge in [-0.05, 0) is 19.8 Å². The Labute approximate surface area is 143 Å². The number of aryl methyl sites for hydroxylation is 1. The van der Waals surface area contributed by atoms with Gasteiger partial charge in [0.2, 0.25) is 5.91 Å². The van der Waals surface area contributed by atoms with E-state index in [2.05, 4.69) is 20.8 Å². The van der Waals surface area contributed by atoms with Gasteiger partial charge in [0, 0.05) is 19.1 Å². The lowest BCUT2D eigenvalue weighted by Gasteiger charge is -2.16. The molecule has 0 bridgehead atoms. The van der Waals surface area contributed by atoms with Crippen molar-refractivity contribution in [3.8, 4) is 0 Å². The zero-order valence-electron chi connectivity index (χ0n) is 13.7. The molecule has 0 unspecified atom stereocenters. The minimum absolute atomic E-state index is 0. The van der Waals surface area contributed by atoms with Gasteiger partial charge >= 0.3 is 0 Å². The molecule has 0 spiro atoms. The summed E-state index contributed by atoms with van der Waals surface area (Å²) in [6.45, 7) is 3.33. The van der Waals surface area contributed by atoms with Crippen LogP contribution >= 0.6 is 12.4 Å².